The molecule has 2 N–H and O–H groups in total. The van der Waals surface area contributed by atoms with Crippen molar-refractivity contribution in [1.82, 2.24) is 0 Å². The molecule has 0 heterocycles. The Hall–Kier alpha value is -0.420. The number of rotatable bonds is 5. The van der Waals surface area contributed by atoms with Crippen LogP contribution in [-0.2, 0) is 14.6 Å². The van der Waals surface area contributed by atoms with Crippen LogP contribution in [0.5, 0.6) is 0 Å². The SMILES string of the molecule is CC(C)(CN)C(=O)CCS(C)(=O)=O. The van der Waals surface area contributed by atoms with Crippen LogP contribution in [0.3, 0.4) is 0 Å². The van der Waals surface area contributed by atoms with E-state index in [9.17, 15) is 13.2 Å². The average Bonchev–Trinajstić information content (AvgIpc) is 1.98. The molecular weight excluding hydrogens is 190 g/mol. The summed E-state index contributed by atoms with van der Waals surface area (Å²) < 4.78 is 21.5. The molecular formula is C8H17NO3S. The molecule has 4 nitrogen and oxygen atoms in total. The first-order valence-electron chi connectivity index (χ1n) is 4.10. The summed E-state index contributed by atoms with van der Waals surface area (Å²) in [4.78, 5) is 11.4. The van der Waals surface area contributed by atoms with Crippen molar-refractivity contribution in [3.05, 3.63) is 0 Å². The summed E-state index contributed by atoms with van der Waals surface area (Å²) in [6.45, 7) is 3.69. The van der Waals surface area contributed by atoms with E-state index in [2.05, 4.69) is 0 Å². The fraction of sp³-hybridized carbons (Fsp3) is 0.875. The lowest BCUT2D eigenvalue weighted by molar-refractivity contribution is -0.126. The number of sulfone groups is 1. The molecule has 0 aliphatic heterocycles. The lowest BCUT2D eigenvalue weighted by Crippen LogP contribution is -2.33. The van der Waals surface area contributed by atoms with Crippen molar-refractivity contribution in [2.75, 3.05) is 18.6 Å². The van der Waals surface area contributed by atoms with Gasteiger partial charge in [-0.05, 0) is 0 Å². The van der Waals surface area contributed by atoms with Crippen molar-refractivity contribution >= 4 is 15.6 Å². The van der Waals surface area contributed by atoms with Crippen molar-refractivity contribution in [1.29, 1.82) is 0 Å². The highest BCUT2D eigenvalue weighted by Gasteiger charge is 2.25. The largest absolute Gasteiger partial charge is 0.329 e. The highest BCUT2D eigenvalue weighted by molar-refractivity contribution is 7.90. The Morgan fingerprint density at radius 3 is 2.15 bits per heavy atom. The van der Waals surface area contributed by atoms with Crippen LogP contribution in [0.2, 0.25) is 0 Å². The molecule has 0 aromatic carbocycles. The first kappa shape index (κ1) is 12.6. The Labute approximate surface area is 79.4 Å². The van der Waals surface area contributed by atoms with Crippen molar-refractivity contribution in [2.24, 2.45) is 11.1 Å². The summed E-state index contributed by atoms with van der Waals surface area (Å²) in [5.41, 5.74) is 4.77. The molecule has 0 aliphatic carbocycles. The minimum Gasteiger partial charge on any atom is -0.329 e. The second-order valence-electron chi connectivity index (χ2n) is 3.89. The van der Waals surface area contributed by atoms with E-state index in [4.69, 9.17) is 5.73 Å². The zero-order valence-electron chi connectivity index (χ0n) is 8.33. The van der Waals surface area contributed by atoms with Crippen LogP contribution in [0.4, 0.5) is 0 Å². The summed E-state index contributed by atoms with van der Waals surface area (Å²) >= 11 is 0. The van der Waals surface area contributed by atoms with Crippen LogP contribution < -0.4 is 5.73 Å². The minimum absolute atomic E-state index is 0.0586. The molecule has 78 valence electrons. The minimum atomic E-state index is -3.05. The predicted octanol–water partition coefficient (Wildman–Crippen LogP) is -0.0249. The molecule has 0 unspecified atom stereocenters. The molecule has 13 heavy (non-hydrogen) atoms. The van der Waals surface area contributed by atoms with Crippen LogP contribution in [0.25, 0.3) is 0 Å². The molecule has 0 aromatic rings. The van der Waals surface area contributed by atoms with E-state index in [1.807, 2.05) is 0 Å². The van der Waals surface area contributed by atoms with Gasteiger partial charge >= 0.3 is 0 Å². The third kappa shape index (κ3) is 5.00. The average molecular weight is 207 g/mol. The fourth-order valence-corrected chi connectivity index (χ4v) is 1.29. The van der Waals surface area contributed by atoms with Crippen LogP contribution in [0, 0.1) is 5.41 Å². The maximum absolute atomic E-state index is 11.4. The number of ketones is 1. The molecule has 5 heteroatoms. The van der Waals surface area contributed by atoms with Gasteiger partial charge in [0.25, 0.3) is 0 Å². The Morgan fingerprint density at radius 2 is 1.85 bits per heavy atom. The smallest absolute Gasteiger partial charge is 0.147 e. The number of carbonyl (C=O) groups excluding carboxylic acids is 1. The summed E-state index contributed by atoms with van der Waals surface area (Å²) in [6.07, 6.45) is 1.18. The summed E-state index contributed by atoms with van der Waals surface area (Å²) in [5, 5.41) is 0. The summed E-state index contributed by atoms with van der Waals surface area (Å²) in [6, 6.07) is 0. The van der Waals surface area contributed by atoms with Crippen LogP contribution in [0.1, 0.15) is 20.3 Å². The normalized spacial score (nSPS) is 12.9. The van der Waals surface area contributed by atoms with Crippen molar-refractivity contribution in [3.8, 4) is 0 Å². The Bertz CT molecular complexity index is 280. The highest BCUT2D eigenvalue weighted by atomic mass is 32.2. The third-order valence-corrected chi connectivity index (χ3v) is 2.91. The van der Waals surface area contributed by atoms with Gasteiger partial charge in [0.15, 0.2) is 0 Å². The molecule has 0 rings (SSSR count). The van der Waals surface area contributed by atoms with E-state index in [1.54, 1.807) is 13.8 Å². The molecule has 0 aliphatic rings. The number of nitrogens with two attached hydrogens (primary N) is 1. The second kappa shape index (κ2) is 4.19. The van der Waals surface area contributed by atoms with E-state index in [0.717, 1.165) is 6.26 Å². The van der Waals surface area contributed by atoms with E-state index in [-0.39, 0.29) is 24.5 Å². The van der Waals surface area contributed by atoms with E-state index < -0.39 is 15.3 Å². The van der Waals surface area contributed by atoms with Crippen molar-refractivity contribution < 1.29 is 13.2 Å². The molecule has 0 radical (unpaired) electrons. The van der Waals surface area contributed by atoms with E-state index >= 15 is 0 Å². The molecule has 0 spiro atoms. The van der Waals surface area contributed by atoms with Crippen molar-refractivity contribution in [3.63, 3.8) is 0 Å². The molecule has 0 atom stereocenters. The van der Waals surface area contributed by atoms with Gasteiger partial charge in [-0.1, -0.05) is 13.8 Å². The standard InChI is InChI=1S/C8H17NO3S/c1-8(2,6-9)7(10)4-5-13(3,11)12/h4-6,9H2,1-3H3. The Balaban J connectivity index is 4.19. The monoisotopic (exact) mass is 207 g/mol. The van der Waals surface area contributed by atoms with Crippen LogP contribution in [-0.4, -0.2) is 32.8 Å². The third-order valence-electron chi connectivity index (χ3n) is 1.97. The maximum Gasteiger partial charge on any atom is 0.147 e. The fourth-order valence-electron chi connectivity index (χ4n) is 0.730. The lowest BCUT2D eigenvalue weighted by atomic mass is 9.87. The molecule has 0 saturated heterocycles. The molecule has 0 aromatic heterocycles. The zero-order valence-corrected chi connectivity index (χ0v) is 9.15. The van der Waals surface area contributed by atoms with Gasteiger partial charge in [-0.2, -0.15) is 0 Å². The van der Waals surface area contributed by atoms with Gasteiger partial charge in [-0.25, -0.2) is 8.42 Å². The van der Waals surface area contributed by atoms with Gasteiger partial charge < -0.3 is 5.73 Å². The number of Topliss-reactive ketones (excluding diaryl/α,β-unsaturated/α-hetero) is 1. The number of hydrogen-bond acceptors (Lipinski definition) is 4. The molecule has 0 saturated carbocycles. The Kier molecular flexibility index (Phi) is 4.06. The van der Waals surface area contributed by atoms with Gasteiger partial charge in [-0.3, -0.25) is 4.79 Å². The summed E-state index contributed by atoms with van der Waals surface area (Å²) in [5.74, 6) is -0.185. The maximum atomic E-state index is 11.4. The quantitative estimate of drug-likeness (QED) is 0.687. The lowest BCUT2D eigenvalue weighted by Gasteiger charge is -2.19. The Morgan fingerprint density at radius 1 is 1.38 bits per heavy atom. The number of hydrogen-bond donors (Lipinski definition) is 1. The zero-order chi connectivity index (χ0) is 10.7. The van der Waals surface area contributed by atoms with Crippen LogP contribution >= 0.6 is 0 Å². The number of carbonyl (C=O) groups is 1. The van der Waals surface area contributed by atoms with Gasteiger partial charge in [0.1, 0.15) is 15.6 Å². The van der Waals surface area contributed by atoms with Crippen LogP contribution in [0.15, 0.2) is 0 Å². The van der Waals surface area contributed by atoms with Crippen molar-refractivity contribution in [2.45, 2.75) is 20.3 Å². The van der Waals surface area contributed by atoms with Gasteiger partial charge in [0.2, 0.25) is 0 Å². The summed E-state index contributed by atoms with van der Waals surface area (Å²) in [7, 11) is -3.05. The van der Waals surface area contributed by atoms with E-state index in [0.29, 0.717) is 0 Å². The second-order valence-corrected chi connectivity index (χ2v) is 6.15. The highest BCUT2D eigenvalue weighted by Crippen LogP contribution is 2.16. The van der Waals surface area contributed by atoms with E-state index in [1.165, 1.54) is 0 Å². The van der Waals surface area contributed by atoms with Gasteiger partial charge in [-0.15, -0.1) is 0 Å². The topological polar surface area (TPSA) is 77.2 Å². The molecule has 0 fully saturated rings. The molecule has 0 amide bonds. The van der Waals surface area contributed by atoms with Gasteiger partial charge in [0, 0.05) is 24.6 Å². The molecule has 0 bridgehead atoms. The van der Waals surface area contributed by atoms with Gasteiger partial charge in [0.05, 0.1) is 5.75 Å². The first-order chi connectivity index (χ1) is 5.69. The predicted molar refractivity (Wildman–Crippen MR) is 52.2 cm³/mol. The first-order valence-corrected chi connectivity index (χ1v) is 6.16.